The van der Waals surface area contributed by atoms with Crippen molar-refractivity contribution in [2.45, 2.75) is 39.8 Å². The standard InChI is InChI=1S/C11H21N5O/c1-8(2)13-11(17)5-6-12-7-10-15-14-9(3)16(10)4/h8,12H,5-7H2,1-4H3,(H,13,17). The molecule has 6 heteroatoms. The number of nitrogens with zero attached hydrogens (tertiary/aromatic N) is 3. The highest BCUT2D eigenvalue weighted by Crippen LogP contribution is 1.96. The molecule has 1 rings (SSSR count). The largest absolute Gasteiger partial charge is 0.354 e. The normalized spacial score (nSPS) is 10.9. The molecule has 0 aliphatic carbocycles. The lowest BCUT2D eigenvalue weighted by Crippen LogP contribution is -2.32. The number of carbonyl (C=O) groups is 1. The predicted molar refractivity (Wildman–Crippen MR) is 65.3 cm³/mol. The van der Waals surface area contributed by atoms with E-state index >= 15 is 0 Å². The minimum absolute atomic E-state index is 0.0710. The topological polar surface area (TPSA) is 71.8 Å². The zero-order chi connectivity index (χ0) is 12.8. The Hall–Kier alpha value is -1.43. The van der Waals surface area contributed by atoms with Gasteiger partial charge in [-0.1, -0.05) is 0 Å². The second-order valence-electron chi connectivity index (χ2n) is 4.37. The Balaban J connectivity index is 2.20. The van der Waals surface area contributed by atoms with Crippen molar-refractivity contribution in [3.63, 3.8) is 0 Å². The van der Waals surface area contributed by atoms with Gasteiger partial charge in [0.2, 0.25) is 5.91 Å². The highest BCUT2D eigenvalue weighted by Gasteiger charge is 2.05. The molecule has 0 atom stereocenters. The van der Waals surface area contributed by atoms with Crippen molar-refractivity contribution in [1.82, 2.24) is 25.4 Å². The Bertz CT molecular complexity index is 372. The molecule has 96 valence electrons. The van der Waals surface area contributed by atoms with Crippen LogP contribution in [0.25, 0.3) is 0 Å². The molecule has 0 saturated carbocycles. The van der Waals surface area contributed by atoms with Crippen LogP contribution in [0.15, 0.2) is 0 Å². The van der Waals surface area contributed by atoms with Gasteiger partial charge in [-0.2, -0.15) is 0 Å². The van der Waals surface area contributed by atoms with Gasteiger partial charge in [0, 0.05) is 26.1 Å². The Morgan fingerprint density at radius 3 is 2.65 bits per heavy atom. The number of hydrogen-bond acceptors (Lipinski definition) is 4. The minimum atomic E-state index is 0.0710. The molecule has 0 aliphatic rings. The van der Waals surface area contributed by atoms with Crippen LogP contribution in [-0.2, 0) is 18.4 Å². The minimum Gasteiger partial charge on any atom is -0.354 e. The van der Waals surface area contributed by atoms with Crippen molar-refractivity contribution in [1.29, 1.82) is 0 Å². The molecule has 2 N–H and O–H groups in total. The van der Waals surface area contributed by atoms with Crippen molar-refractivity contribution >= 4 is 5.91 Å². The van der Waals surface area contributed by atoms with Crippen LogP contribution in [0.4, 0.5) is 0 Å². The lowest BCUT2D eigenvalue weighted by atomic mass is 10.3. The first-order valence-corrected chi connectivity index (χ1v) is 5.85. The Kier molecular flexibility index (Phi) is 5.09. The summed E-state index contributed by atoms with van der Waals surface area (Å²) in [5.74, 6) is 1.84. The van der Waals surface area contributed by atoms with Crippen molar-refractivity contribution in [2.75, 3.05) is 6.54 Å². The molecular weight excluding hydrogens is 218 g/mol. The van der Waals surface area contributed by atoms with E-state index in [0.717, 1.165) is 11.6 Å². The van der Waals surface area contributed by atoms with E-state index in [1.165, 1.54) is 0 Å². The van der Waals surface area contributed by atoms with Gasteiger partial charge in [-0.05, 0) is 20.8 Å². The number of carbonyl (C=O) groups excluding carboxylic acids is 1. The van der Waals surface area contributed by atoms with Gasteiger partial charge >= 0.3 is 0 Å². The van der Waals surface area contributed by atoms with Gasteiger partial charge in [0.15, 0.2) is 0 Å². The van der Waals surface area contributed by atoms with Crippen LogP contribution < -0.4 is 10.6 Å². The zero-order valence-electron chi connectivity index (χ0n) is 10.9. The predicted octanol–water partition coefficient (Wildman–Crippen LogP) is 0.128. The molecule has 1 aromatic heterocycles. The number of aromatic nitrogens is 3. The maximum absolute atomic E-state index is 11.4. The molecule has 17 heavy (non-hydrogen) atoms. The van der Waals surface area contributed by atoms with E-state index in [2.05, 4.69) is 20.8 Å². The Labute approximate surface area is 102 Å². The fourth-order valence-corrected chi connectivity index (χ4v) is 1.40. The summed E-state index contributed by atoms with van der Waals surface area (Å²) < 4.78 is 1.93. The van der Waals surface area contributed by atoms with Crippen LogP contribution in [0.2, 0.25) is 0 Å². The van der Waals surface area contributed by atoms with Gasteiger partial charge in [0.25, 0.3) is 0 Å². The highest BCUT2D eigenvalue weighted by atomic mass is 16.1. The third kappa shape index (κ3) is 4.52. The first kappa shape index (κ1) is 13.6. The average Bonchev–Trinajstić information content (AvgIpc) is 2.54. The summed E-state index contributed by atoms with van der Waals surface area (Å²) in [4.78, 5) is 11.4. The molecule has 0 aromatic carbocycles. The fourth-order valence-electron chi connectivity index (χ4n) is 1.40. The van der Waals surface area contributed by atoms with E-state index in [-0.39, 0.29) is 11.9 Å². The number of amides is 1. The van der Waals surface area contributed by atoms with E-state index in [1.807, 2.05) is 32.4 Å². The second kappa shape index (κ2) is 6.34. The first-order valence-electron chi connectivity index (χ1n) is 5.85. The molecule has 1 amide bonds. The summed E-state index contributed by atoms with van der Waals surface area (Å²) in [5.41, 5.74) is 0. The highest BCUT2D eigenvalue weighted by molar-refractivity contribution is 5.76. The van der Waals surface area contributed by atoms with Crippen molar-refractivity contribution < 1.29 is 4.79 Å². The molecule has 0 unspecified atom stereocenters. The van der Waals surface area contributed by atoms with E-state index < -0.39 is 0 Å². The van der Waals surface area contributed by atoms with Crippen molar-refractivity contribution in [2.24, 2.45) is 7.05 Å². The van der Waals surface area contributed by atoms with Crippen molar-refractivity contribution in [3.8, 4) is 0 Å². The molecule has 0 bridgehead atoms. The number of nitrogens with one attached hydrogen (secondary N) is 2. The monoisotopic (exact) mass is 239 g/mol. The summed E-state index contributed by atoms with van der Waals surface area (Å²) in [6, 6.07) is 0.198. The van der Waals surface area contributed by atoms with Gasteiger partial charge in [-0.25, -0.2) is 0 Å². The second-order valence-corrected chi connectivity index (χ2v) is 4.37. The molecule has 0 radical (unpaired) electrons. The van der Waals surface area contributed by atoms with E-state index in [9.17, 15) is 4.79 Å². The Morgan fingerprint density at radius 1 is 1.41 bits per heavy atom. The average molecular weight is 239 g/mol. The summed E-state index contributed by atoms with van der Waals surface area (Å²) in [5, 5.41) is 14.0. The summed E-state index contributed by atoms with van der Waals surface area (Å²) in [6.07, 6.45) is 0.481. The molecule has 1 heterocycles. The first-order chi connectivity index (χ1) is 8.00. The molecule has 1 aromatic rings. The lowest BCUT2D eigenvalue weighted by molar-refractivity contribution is -0.121. The van der Waals surface area contributed by atoms with Crippen LogP contribution in [0, 0.1) is 6.92 Å². The summed E-state index contributed by atoms with van der Waals surface area (Å²) >= 11 is 0. The maximum atomic E-state index is 11.4. The van der Waals surface area contributed by atoms with Crippen LogP contribution in [0.1, 0.15) is 31.9 Å². The van der Waals surface area contributed by atoms with Gasteiger partial charge in [0.05, 0.1) is 6.54 Å². The van der Waals surface area contributed by atoms with Crippen molar-refractivity contribution in [3.05, 3.63) is 11.6 Å². The number of aryl methyl sites for hydroxylation is 1. The molecule has 0 aliphatic heterocycles. The lowest BCUT2D eigenvalue weighted by Gasteiger charge is -2.08. The van der Waals surface area contributed by atoms with Crippen LogP contribution >= 0.6 is 0 Å². The maximum Gasteiger partial charge on any atom is 0.221 e. The SMILES string of the molecule is Cc1nnc(CNCCC(=O)NC(C)C)n1C. The Morgan fingerprint density at radius 2 is 2.12 bits per heavy atom. The quantitative estimate of drug-likeness (QED) is 0.692. The van der Waals surface area contributed by atoms with Crippen LogP contribution in [0.5, 0.6) is 0 Å². The van der Waals surface area contributed by atoms with E-state index in [1.54, 1.807) is 0 Å². The van der Waals surface area contributed by atoms with Gasteiger partial charge < -0.3 is 15.2 Å². The zero-order valence-corrected chi connectivity index (χ0v) is 10.9. The summed E-state index contributed by atoms with van der Waals surface area (Å²) in [6.45, 7) is 7.09. The van der Waals surface area contributed by atoms with E-state index in [0.29, 0.717) is 19.5 Å². The molecular formula is C11H21N5O. The van der Waals surface area contributed by atoms with Gasteiger partial charge in [-0.3, -0.25) is 4.79 Å². The number of rotatable bonds is 6. The van der Waals surface area contributed by atoms with E-state index in [4.69, 9.17) is 0 Å². The molecule has 0 spiro atoms. The third-order valence-corrected chi connectivity index (χ3v) is 2.44. The molecule has 0 fully saturated rings. The van der Waals surface area contributed by atoms with Gasteiger partial charge in [-0.15, -0.1) is 10.2 Å². The third-order valence-electron chi connectivity index (χ3n) is 2.44. The smallest absolute Gasteiger partial charge is 0.221 e. The molecule has 0 saturated heterocycles. The fraction of sp³-hybridized carbons (Fsp3) is 0.727. The van der Waals surface area contributed by atoms with Crippen LogP contribution in [-0.4, -0.2) is 33.3 Å². The molecule has 6 nitrogen and oxygen atoms in total. The van der Waals surface area contributed by atoms with Crippen LogP contribution in [0.3, 0.4) is 0 Å². The summed E-state index contributed by atoms with van der Waals surface area (Å²) in [7, 11) is 1.93. The van der Waals surface area contributed by atoms with Gasteiger partial charge in [0.1, 0.15) is 11.6 Å². The number of hydrogen-bond donors (Lipinski definition) is 2.